The van der Waals surface area contributed by atoms with Crippen molar-refractivity contribution in [3.63, 3.8) is 0 Å². The summed E-state index contributed by atoms with van der Waals surface area (Å²) in [4.78, 5) is 8.88. The average molecular weight is 338 g/mol. The highest BCUT2D eigenvalue weighted by Gasteiger charge is 2.28. The fourth-order valence-corrected chi connectivity index (χ4v) is 4.64. The second-order valence-electron chi connectivity index (χ2n) is 7.91. The number of hydrogen-bond acceptors (Lipinski definition) is 2. The lowest BCUT2D eigenvalue weighted by Crippen LogP contribution is -2.39. The lowest BCUT2D eigenvalue weighted by Gasteiger charge is -2.30. The van der Waals surface area contributed by atoms with Crippen LogP contribution in [0.4, 0.5) is 0 Å². The maximum absolute atomic E-state index is 4.59. The Labute approximate surface area is 154 Å². The van der Waals surface area contributed by atoms with E-state index < -0.39 is 0 Å². The van der Waals surface area contributed by atoms with Crippen molar-refractivity contribution in [1.82, 2.24) is 9.97 Å². The minimum atomic E-state index is 0.0338. The normalized spacial score (nSPS) is 19.4. The molecular formula is C24H22N2. The molecule has 0 saturated heterocycles. The van der Waals surface area contributed by atoms with Crippen molar-refractivity contribution in [2.75, 3.05) is 0 Å². The van der Waals surface area contributed by atoms with Crippen LogP contribution in [-0.4, -0.2) is 9.97 Å². The molecule has 2 aliphatic rings. The Morgan fingerprint density at radius 3 is 2.69 bits per heavy atom. The van der Waals surface area contributed by atoms with Crippen LogP contribution >= 0.6 is 0 Å². The summed E-state index contributed by atoms with van der Waals surface area (Å²) in [5.74, 6) is 0.336. The fourth-order valence-electron chi connectivity index (χ4n) is 4.64. The zero-order chi connectivity index (χ0) is 17.7. The summed E-state index contributed by atoms with van der Waals surface area (Å²) in [5, 5.41) is 2.78. The van der Waals surface area contributed by atoms with E-state index in [9.17, 15) is 0 Å². The molecule has 1 unspecified atom stereocenters. The highest BCUT2D eigenvalue weighted by Crippen LogP contribution is 2.37. The molecule has 128 valence electrons. The molecule has 0 aliphatic heterocycles. The molecule has 0 saturated carbocycles. The maximum Gasteiger partial charge on any atom is 0.0661 e. The van der Waals surface area contributed by atoms with Gasteiger partial charge in [0.05, 0.1) is 5.69 Å². The van der Waals surface area contributed by atoms with Gasteiger partial charge in [-0.3, -0.25) is 9.97 Å². The quantitative estimate of drug-likeness (QED) is 0.672. The van der Waals surface area contributed by atoms with Crippen LogP contribution < -0.4 is 10.4 Å². The van der Waals surface area contributed by atoms with Crippen LogP contribution in [0.5, 0.6) is 0 Å². The zero-order valence-electron chi connectivity index (χ0n) is 15.2. The number of benzene rings is 2. The van der Waals surface area contributed by atoms with Gasteiger partial charge in [0.1, 0.15) is 0 Å². The van der Waals surface area contributed by atoms with Crippen molar-refractivity contribution in [2.24, 2.45) is 0 Å². The Balaban J connectivity index is 1.80. The van der Waals surface area contributed by atoms with E-state index in [4.69, 9.17) is 0 Å². The zero-order valence-corrected chi connectivity index (χ0v) is 15.2. The first-order valence-corrected chi connectivity index (χ1v) is 9.37. The maximum atomic E-state index is 4.59. The van der Waals surface area contributed by atoms with Crippen molar-refractivity contribution in [3.05, 3.63) is 82.2 Å². The van der Waals surface area contributed by atoms with E-state index in [1.54, 1.807) is 12.4 Å². The second kappa shape index (κ2) is 5.63. The van der Waals surface area contributed by atoms with Crippen LogP contribution in [0.15, 0.2) is 55.0 Å². The molecule has 0 amide bonds. The molecule has 0 bridgehead atoms. The lowest BCUT2D eigenvalue weighted by atomic mass is 9.73. The van der Waals surface area contributed by atoms with Crippen LogP contribution in [0.2, 0.25) is 0 Å². The van der Waals surface area contributed by atoms with Gasteiger partial charge in [0.15, 0.2) is 0 Å². The van der Waals surface area contributed by atoms with Gasteiger partial charge in [-0.15, -0.1) is 0 Å². The Hall–Kier alpha value is -2.74. The molecule has 0 fully saturated rings. The Bertz CT molecular complexity index is 1110. The van der Waals surface area contributed by atoms with Crippen LogP contribution in [0, 0.1) is 0 Å². The number of nitrogens with zero attached hydrogens (tertiary/aromatic N) is 2. The third kappa shape index (κ3) is 2.25. The summed E-state index contributed by atoms with van der Waals surface area (Å²) in [6, 6.07) is 13.4. The van der Waals surface area contributed by atoms with Crippen molar-refractivity contribution in [2.45, 2.75) is 38.0 Å². The highest BCUT2D eigenvalue weighted by molar-refractivity contribution is 5.77. The van der Waals surface area contributed by atoms with E-state index in [0.717, 1.165) is 18.5 Å². The predicted molar refractivity (Wildman–Crippen MR) is 106 cm³/mol. The minimum absolute atomic E-state index is 0.0338. The molecule has 1 heterocycles. The molecule has 0 N–H and O–H groups in total. The van der Waals surface area contributed by atoms with Gasteiger partial charge < -0.3 is 0 Å². The van der Waals surface area contributed by atoms with Gasteiger partial charge in [0, 0.05) is 29.9 Å². The first kappa shape index (κ1) is 15.5. The third-order valence-corrected chi connectivity index (χ3v) is 5.86. The predicted octanol–water partition coefficient (Wildman–Crippen LogP) is 3.92. The molecule has 1 aromatic heterocycles. The number of rotatable bonds is 1. The highest BCUT2D eigenvalue weighted by atomic mass is 14.8. The van der Waals surface area contributed by atoms with E-state index in [0.29, 0.717) is 5.92 Å². The largest absolute Gasteiger partial charge is 0.261 e. The summed E-state index contributed by atoms with van der Waals surface area (Å²) >= 11 is 0. The lowest BCUT2D eigenvalue weighted by molar-refractivity contribution is 0.688. The minimum Gasteiger partial charge on any atom is -0.261 e. The number of hydrogen-bond donors (Lipinski definition) is 0. The van der Waals surface area contributed by atoms with E-state index >= 15 is 0 Å². The smallest absolute Gasteiger partial charge is 0.0661 e. The topological polar surface area (TPSA) is 25.8 Å². The van der Waals surface area contributed by atoms with Gasteiger partial charge in [0.2, 0.25) is 0 Å². The van der Waals surface area contributed by atoms with Crippen LogP contribution in [0.1, 0.15) is 49.4 Å². The van der Waals surface area contributed by atoms with Gasteiger partial charge in [-0.2, -0.15) is 0 Å². The summed E-state index contributed by atoms with van der Waals surface area (Å²) in [7, 11) is 0. The molecule has 26 heavy (non-hydrogen) atoms. The van der Waals surface area contributed by atoms with Gasteiger partial charge in [-0.25, -0.2) is 0 Å². The van der Waals surface area contributed by atoms with Crippen molar-refractivity contribution < 1.29 is 0 Å². The molecule has 1 atom stereocenters. The monoisotopic (exact) mass is 338 g/mol. The van der Waals surface area contributed by atoms with Gasteiger partial charge in [0.25, 0.3) is 0 Å². The van der Waals surface area contributed by atoms with Crippen molar-refractivity contribution >= 4 is 12.2 Å². The average Bonchev–Trinajstić information content (AvgIpc) is 2.68. The molecule has 5 rings (SSSR count). The standard InChI is InChI=1S/C24H22N2/c1-24(2)14-21-16-7-5-8-20(23-15-25-12-13-26-23)17(16)10-11-18(21)19-6-3-4-9-22(19)24/h3-4,6-7,9-15,20H,5,8H2,1-2H3. The second-order valence-corrected chi connectivity index (χ2v) is 7.91. The number of fused-ring (bicyclic) bond motifs is 5. The van der Waals surface area contributed by atoms with Crippen LogP contribution in [-0.2, 0) is 5.41 Å². The Morgan fingerprint density at radius 1 is 0.962 bits per heavy atom. The molecule has 2 aliphatic carbocycles. The molecule has 2 nitrogen and oxygen atoms in total. The van der Waals surface area contributed by atoms with Gasteiger partial charge in [-0.05, 0) is 45.5 Å². The van der Waals surface area contributed by atoms with Crippen LogP contribution in [0.3, 0.4) is 0 Å². The van der Waals surface area contributed by atoms with Gasteiger partial charge in [-0.1, -0.05) is 62.4 Å². The SMILES string of the molecule is CC1(C)C=c2c(ccc3c2=CCCC3c2cnccn2)-c2ccccc21. The van der Waals surface area contributed by atoms with E-state index in [2.05, 4.69) is 72.4 Å². The first-order chi connectivity index (χ1) is 12.6. The molecule has 0 spiro atoms. The first-order valence-electron chi connectivity index (χ1n) is 9.37. The number of aromatic nitrogens is 2. The Morgan fingerprint density at radius 2 is 1.85 bits per heavy atom. The van der Waals surface area contributed by atoms with Crippen LogP contribution in [0.25, 0.3) is 23.3 Å². The molecule has 2 heteroatoms. The summed E-state index contributed by atoms with van der Waals surface area (Å²) < 4.78 is 0. The van der Waals surface area contributed by atoms with Crippen molar-refractivity contribution in [1.29, 1.82) is 0 Å². The molecule has 3 aromatic rings. The van der Waals surface area contributed by atoms with E-state index in [1.807, 2.05) is 6.20 Å². The molecular weight excluding hydrogens is 316 g/mol. The summed E-state index contributed by atoms with van der Waals surface area (Å²) in [6.07, 6.45) is 12.5. The van der Waals surface area contributed by atoms with E-state index in [-0.39, 0.29) is 5.41 Å². The molecule has 0 radical (unpaired) electrons. The summed E-state index contributed by atoms with van der Waals surface area (Å²) in [6.45, 7) is 4.63. The fraction of sp³-hybridized carbons (Fsp3) is 0.250. The van der Waals surface area contributed by atoms with E-state index in [1.165, 1.54) is 32.7 Å². The van der Waals surface area contributed by atoms with Gasteiger partial charge >= 0.3 is 0 Å². The third-order valence-electron chi connectivity index (χ3n) is 5.86. The van der Waals surface area contributed by atoms with Crippen molar-refractivity contribution in [3.8, 4) is 11.1 Å². The summed E-state index contributed by atoms with van der Waals surface area (Å²) in [5.41, 5.74) is 6.64. The molecule has 2 aromatic carbocycles. The Kier molecular flexibility index (Phi) is 3.36.